The zero-order chi connectivity index (χ0) is 14.9. The van der Waals surface area contributed by atoms with Gasteiger partial charge in [0.05, 0.1) is 5.41 Å². The summed E-state index contributed by atoms with van der Waals surface area (Å²) in [4.78, 5) is 25.1. The van der Waals surface area contributed by atoms with Crippen LogP contribution in [0.1, 0.15) is 30.1 Å². The number of phenolic OH excluding ortho intramolecular Hbond substituents is 2. The van der Waals surface area contributed by atoms with Gasteiger partial charge in [0.2, 0.25) is 0 Å². The monoisotopic (exact) mass is 279 g/mol. The van der Waals surface area contributed by atoms with Crippen molar-refractivity contribution in [1.82, 2.24) is 4.90 Å². The number of likely N-dealkylation sites (tertiary alicyclic amines) is 1. The van der Waals surface area contributed by atoms with Crippen molar-refractivity contribution in [2.45, 2.75) is 19.8 Å². The largest absolute Gasteiger partial charge is 0.508 e. The molecule has 6 heteroatoms. The second-order valence-electron chi connectivity index (χ2n) is 5.15. The molecule has 20 heavy (non-hydrogen) atoms. The van der Waals surface area contributed by atoms with Crippen LogP contribution >= 0.6 is 0 Å². The lowest BCUT2D eigenvalue weighted by atomic mass is 9.84. The first-order chi connectivity index (χ1) is 9.38. The van der Waals surface area contributed by atoms with E-state index >= 15 is 0 Å². The number of aliphatic carboxylic acids is 1. The number of carbonyl (C=O) groups excluding carboxylic acids is 1. The van der Waals surface area contributed by atoms with E-state index in [2.05, 4.69) is 0 Å². The number of aromatic hydroxyl groups is 2. The smallest absolute Gasteiger partial charge is 0.311 e. The minimum Gasteiger partial charge on any atom is -0.508 e. The lowest BCUT2D eigenvalue weighted by Gasteiger charge is -2.23. The summed E-state index contributed by atoms with van der Waals surface area (Å²) < 4.78 is 0. The second-order valence-corrected chi connectivity index (χ2v) is 5.15. The minimum atomic E-state index is -0.894. The minimum absolute atomic E-state index is 0.147. The number of phenols is 2. The van der Waals surface area contributed by atoms with Crippen LogP contribution in [-0.2, 0) is 4.79 Å². The number of rotatable bonds is 3. The molecule has 3 N–H and O–H groups in total. The van der Waals surface area contributed by atoms with Gasteiger partial charge in [0.1, 0.15) is 11.5 Å². The van der Waals surface area contributed by atoms with Gasteiger partial charge in [-0.2, -0.15) is 0 Å². The fourth-order valence-corrected chi connectivity index (χ4v) is 2.56. The van der Waals surface area contributed by atoms with Gasteiger partial charge in [-0.3, -0.25) is 9.59 Å². The third-order valence-corrected chi connectivity index (χ3v) is 3.92. The molecule has 0 bridgehead atoms. The standard InChI is InChI=1S/C14H17NO5/c1-2-14(13(19)20)3-4-15(8-14)12(18)9-5-10(16)7-11(17)6-9/h5-7,16-17H,2-4,8H2,1H3,(H,19,20). The first kappa shape index (κ1) is 14.2. The summed E-state index contributed by atoms with van der Waals surface area (Å²) in [6.07, 6.45) is 0.868. The summed E-state index contributed by atoms with van der Waals surface area (Å²) in [5, 5.41) is 28.1. The summed E-state index contributed by atoms with van der Waals surface area (Å²) >= 11 is 0. The number of hydrogen-bond acceptors (Lipinski definition) is 4. The Labute approximate surface area is 116 Å². The van der Waals surface area contributed by atoms with Crippen LogP contribution in [-0.4, -0.2) is 45.2 Å². The Hall–Kier alpha value is -2.24. The Morgan fingerprint density at radius 1 is 1.25 bits per heavy atom. The van der Waals surface area contributed by atoms with E-state index in [0.717, 1.165) is 6.07 Å². The van der Waals surface area contributed by atoms with Crippen molar-refractivity contribution >= 4 is 11.9 Å². The molecule has 1 aliphatic rings. The number of benzene rings is 1. The number of hydrogen-bond donors (Lipinski definition) is 3. The highest BCUT2D eigenvalue weighted by atomic mass is 16.4. The predicted molar refractivity (Wildman–Crippen MR) is 70.7 cm³/mol. The van der Waals surface area contributed by atoms with Crippen molar-refractivity contribution in [2.75, 3.05) is 13.1 Å². The lowest BCUT2D eigenvalue weighted by molar-refractivity contribution is -0.148. The third-order valence-electron chi connectivity index (χ3n) is 3.92. The van der Waals surface area contributed by atoms with E-state index in [4.69, 9.17) is 0 Å². The molecule has 1 atom stereocenters. The first-order valence-corrected chi connectivity index (χ1v) is 6.43. The van der Waals surface area contributed by atoms with Crippen LogP contribution in [0.4, 0.5) is 0 Å². The maximum atomic E-state index is 12.3. The maximum Gasteiger partial charge on any atom is 0.311 e. The summed E-state index contributed by atoms with van der Waals surface area (Å²) in [5.74, 6) is -1.68. The second kappa shape index (κ2) is 5.03. The Morgan fingerprint density at radius 2 is 1.85 bits per heavy atom. The lowest BCUT2D eigenvalue weighted by Crippen LogP contribution is -2.36. The SMILES string of the molecule is CCC1(C(=O)O)CCN(C(=O)c2cc(O)cc(O)c2)C1. The van der Waals surface area contributed by atoms with E-state index in [1.54, 1.807) is 6.92 Å². The predicted octanol–water partition coefficient (Wildman–Crippen LogP) is 1.42. The Kier molecular flexibility index (Phi) is 3.57. The van der Waals surface area contributed by atoms with Crippen molar-refractivity contribution in [1.29, 1.82) is 0 Å². The summed E-state index contributed by atoms with van der Waals surface area (Å²) in [7, 11) is 0. The van der Waals surface area contributed by atoms with Gasteiger partial charge in [-0.1, -0.05) is 6.92 Å². The number of carbonyl (C=O) groups is 2. The van der Waals surface area contributed by atoms with Crippen LogP contribution in [0.3, 0.4) is 0 Å². The average molecular weight is 279 g/mol. The molecule has 0 aromatic heterocycles. The molecule has 0 spiro atoms. The van der Waals surface area contributed by atoms with Gasteiger partial charge in [0, 0.05) is 24.7 Å². The van der Waals surface area contributed by atoms with Crippen molar-refractivity contribution < 1.29 is 24.9 Å². The zero-order valence-corrected chi connectivity index (χ0v) is 11.2. The Balaban J connectivity index is 2.21. The van der Waals surface area contributed by atoms with Crippen molar-refractivity contribution in [3.63, 3.8) is 0 Å². The van der Waals surface area contributed by atoms with Crippen LogP contribution in [0, 0.1) is 5.41 Å². The van der Waals surface area contributed by atoms with E-state index in [-0.39, 0.29) is 29.5 Å². The summed E-state index contributed by atoms with van der Waals surface area (Å²) in [6.45, 7) is 2.30. The zero-order valence-electron chi connectivity index (χ0n) is 11.2. The van der Waals surface area contributed by atoms with Crippen molar-refractivity contribution in [2.24, 2.45) is 5.41 Å². The molecule has 1 aromatic carbocycles. The van der Waals surface area contributed by atoms with Gasteiger partial charge < -0.3 is 20.2 Å². The van der Waals surface area contributed by atoms with Crippen LogP contribution in [0.25, 0.3) is 0 Å². The highest BCUT2D eigenvalue weighted by Gasteiger charge is 2.44. The molecule has 0 aliphatic carbocycles. The highest BCUT2D eigenvalue weighted by molar-refractivity contribution is 5.95. The molecule has 1 unspecified atom stereocenters. The molecule has 1 aliphatic heterocycles. The Bertz CT molecular complexity index is 536. The third kappa shape index (κ3) is 2.41. The van der Waals surface area contributed by atoms with Gasteiger partial charge in [0.25, 0.3) is 5.91 Å². The molecule has 0 radical (unpaired) electrons. The fraction of sp³-hybridized carbons (Fsp3) is 0.429. The molecule has 1 heterocycles. The molecule has 2 rings (SSSR count). The Morgan fingerprint density at radius 3 is 2.30 bits per heavy atom. The van der Waals surface area contributed by atoms with E-state index in [0.29, 0.717) is 19.4 Å². The summed E-state index contributed by atoms with van der Waals surface area (Å²) in [6, 6.07) is 3.65. The number of amides is 1. The quantitative estimate of drug-likeness (QED) is 0.777. The number of nitrogens with zero attached hydrogens (tertiary/aromatic N) is 1. The topological polar surface area (TPSA) is 98.1 Å². The molecule has 0 saturated carbocycles. The van der Waals surface area contributed by atoms with Crippen LogP contribution in [0.5, 0.6) is 11.5 Å². The van der Waals surface area contributed by atoms with Crippen LogP contribution < -0.4 is 0 Å². The van der Waals surface area contributed by atoms with E-state index in [9.17, 15) is 24.9 Å². The molecular formula is C14H17NO5. The number of carboxylic acids is 1. The first-order valence-electron chi connectivity index (χ1n) is 6.43. The van der Waals surface area contributed by atoms with Gasteiger partial charge in [-0.15, -0.1) is 0 Å². The molecule has 1 aromatic rings. The van der Waals surface area contributed by atoms with Crippen molar-refractivity contribution in [3.05, 3.63) is 23.8 Å². The van der Waals surface area contributed by atoms with Crippen molar-refractivity contribution in [3.8, 4) is 11.5 Å². The number of carboxylic acid groups (broad SMARTS) is 1. The van der Waals surface area contributed by atoms with Crippen LogP contribution in [0.15, 0.2) is 18.2 Å². The van der Waals surface area contributed by atoms with Gasteiger partial charge in [-0.05, 0) is 25.0 Å². The molecule has 1 fully saturated rings. The molecule has 108 valence electrons. The normalized spacial score (nSPS) is 21.9. The highest BCUT2D eigenvalue weighted by Crippen LogP contribution is 2.35. The molecular weight excluding hydrogens is 262 g/mol. The maximum absolute atomic E-state index is 12.3. The van der Waals surface area contributed by atoms with Gasteiger partial charge >= 0.3 is 5.97 Å². The molecule has 6 nitrogen and oxygen atoms in total. The van der Waals surface area contributed by atoms with Gasteiger partial charge in [-0.25, -0.2) is 0 Å². The molecule has 1 saturated heterocycles. The van der Waals surface area contributed by atoms with E-state index in [1.165, 1.54) is 17.0 Å². The molecule has 1 amide bonds. The van der Waals surface area contributed by atoms with Crippen LogP contribution in [0.2, 0.25) is 0 Å². The van der Waals surface area contributed by atoms with E-state index < -0.39 is 11.4 Å². The van der Waals surface area contributed by atoms with Gasteiger partial charge in [0.15, 0.2) is 0 Å². The summed E-state index contributed by atoms with van der Waals surface area (Å²) in [5.41, 5.74) is -0.742. The van der Waals surface area contributed by atoms with E-state index in [1.807, 2.05) is 0 Å². The fourth-order valence-electron chi connectivity index (χ4n) is 2.56. The average Bonchev–Trinajstić information content (AvgIpc) is 2.82.